The van der Waals surface area contributed by atoms with Gasteiger partial charge in [0.15, 0.2) is 0 Å². The predicted molar refractivity (Wildman–Crippen MR) is 72.0 cm³/mol. The van der Waals surface area contributed by atoms with Gasteiger partial charge < -0.3 is 5.11 Å². The smallest absolute Gasteiger partial charge is 0.0768 e. The minimum absolute atomic E-state index is 0.339. The van der Waals surface area contributed by atoms with E-state index in [4.69, 9.17) is 0 Å². The third-order valence-electron chi connectivity index (χ3n) is 5.13. The fourth-order valence-corrected chi connectivity index (χ4v) is 3.52. The van der Waals surface area contributed by atoms with Crippen LogP contribution in [0, 0.1) is 11.8 Å². The molecule has 1 saturated heterocycles. The van der Waals surface area contributed by atoms with E-state index in [0.717, 1.165) is 18.5 Å². The second-order valence-corrected chi connectivity index (χ2v) is 6.74. The monoisotopic (exact) mass is 239 g/mol. The third-order valence-corrected chi connectivity index (χ3v) is 5.13. The van der Waals surface area contributed by atoms with Crippen LogP contribution in [-0.2, 0) is 0 Å². The topological polar surface area (TPSA) is 23.5 Å². The minimum Gasteiger partial charge on any atom is -0.389 e. The highest BCUT2D eigenvalue weighted by Crippen LogP contribution is 2.36. The first kappa shape index (κ1) is 13.4. The molecule has 1 unspecified atom stereocenters. The number of piperidine rings is 1. The van der Waals surface area contributed by atoms with Gasteiger partial charge in [0.1, 0.15) is 0 Å². The molecule has 1 aliphatic carbocycles. The molecular formula is C15H29NO. The Kier molecular flexibility index (Phi) is 4.14. The molecule has 2 fully saturated rings. The van der Waals surface area contributed by atoms with Gasteiger partial charge in [-0.2, -0.15) is 0 Å². The predicted octanol–water partition coefficient (Wildman–Crippen LogP) is 3.05. The van der Waals surface area contributed by atoms with Crippen LogP contribution in [-0.4, -0.2) is 34.7 Å². The van der Waals surface area contributed by atoms with Crippen LogP contribution in [0.5, 0.6) is 0 Å². The molecule has 0 bridgehead atoms. The van der Waals surface area contributed by atoms with Crippen molar-refractivity contribution in [3.63, 3.8) is 0 Å². The van der Waals surface area contributed by atoms with Crippen LogP contribution in [0.25, 0.3) is 0 Å². The van der Waals surface area contributed by atoms with Crippen molar-refractivity contribution in [2.75, 3.05) is 13.1 Å². The Bertz CT molecular complexity index is 247. The number of nitrogens with zero attached hydrogens (tertiary/aromatic N) is 1. The molecule has 0 radical (unpaired) electrons. The zero-order chi connectivity index (χ0) is 12.5. The van der Waals surface area contributed by atoms with E-state index < -0.39 is 5.60 Å². The third kappa shape index (κ3) is 3.03. The van der Waals surface area contributed by atoms with Gasteiger partial charge in [0, 0.05) is 12.6 Å². The Morgan fingerprint density at radius 2 is 1.82 bits per heavy atom. The van der Waals surface area contributed by atoms with Crippen LogP contribution in [0.2, 0.25) is 0 Å². The lowest BCUT2D eigenvalue weighted by Crippen LogP contribution is -2.53. The van der Waals surface area contributed by atoms with E-state index in [1.807, 2.05) is 6.92 Å². The molecule has 1 aliphatic heterocycles. The van der Waals surface area contributed by atoms with Gasteiger partial charge in [0.25, 0.3) is 0 Å². The molecule has 0 spiro atoms. The van der Waals surface area contributed by atoms with Crippen molar-refractivity contribution in [2.45, 2.75) is 70.9 Å². The maximum Gasteiger partial charge on any atom is 0.0768 e. The number of likely N-dealkylation sites (tertiary alicyclic amines) is 1. The summed E-state index contributed by atoms with van der Waals surface area (Å²) in [6.07, 6.45) is 8.35. The zero-order valence-electron chi connectivity index (χ0n) is 11.8. The van der Waals surface area contributed by atoms with E-state index in [9.17, 15) is 5.11 Å². The van der Waals surface area contributed by atoms with Crippen LogP contribution >= 0.6 is 0 Å². The summed E-state index contributed by atoms with van der Waals surface area (Å²) in [5.41, 5.74) is -0.528. The average molecular weight is 239 g/mol. The van der Waals surface area contributed by atoms with E-state index in [-0.39, 0.29) is 0 Å². The lowest BCUT2D eigenvalue weighted by molar-refractivity contribution is -0.0519. The second-order valence-electron chi connectivity index (χ2n) is 6.74. The number of β-amino-alcohol motifs (C(OH)–C–C–N with tert-alkyl or cyclic N) is 1. The molecule has 3 atom stereocenters. The number of hydrogen-bond donors (Lipinski definition) is 1. The Morgan fingerprint density at radius 3 is 2.53 bits per heavy atom. The summed E-state index contributed by atoms with van der Waals surface area (Å²) >= 11 is 0. The standard InChI is InChI=1S/C15H29NO/c1-12(2)15(3,17)11-16-10-6-8-13-7-4-5-9-14(13)16/h12-14,17H,4-11H2,1-3H3/t13-,14-,15?/m1/s1. The van der Waals surface area contributed by atoms with Gasteiger partial charge in [0.2, 0.25) is 0 Å². The van der Waals surface area contributed by atoms with Gasteiger partial charge in [-0.25, -0.2) is 0 Å². The van der Waals surface area contributed by atoms with Gasteiger partial charge >= 0.3 is 0 Å². The van der Waals surface area contributed by atoms with E-state index in [2.05, 4.69) is 18.7 Å². The van der Waals surface area contributed by atoms with Gasteiger partial charge in [0.05, 0.1) is 5.60 Å². The molecule has 0 amide bonds. The number of hydrogen-bond acceptors (Lipinski definition) is 2. The molecule has 2 heteroatoms. The highest BCUT2D eigenvalue weighted by atomic mass is 16.3. The van der Waals surface area contributed by atoms with Crippen LogP contribution in [0.4, 0.5) is 0 Å². The first-order chi connectivity index (χ1) is 8.00. The molecule has 2 rings (SSSR count). The molecule has 2 nitrogen and oxygen atoms in total. The molecule has 0 aromatic rings. The van der Waals surface area contributed by atoms with Gasteiger partial charge in [-0.05, 0) is 51.0 Å². The lowest BCUT2D eigenvalue weighted by Gasteiger charge is -2.47. The Labute approximate surface area is 106 Å². The molecule has 17 heavy (non-hydrogen) atoms. The summed E-state index contributed by atoms with van der Waals surface area (Å²) in [5.74, 6) is 1.26. The lowest BCUT2D eigenvalue weighted by atomic mass is 9.77. The fraction of sp³-hybridized carbons (Fsp3) is 1.00. The summed E-state index contributed by atoms with van der Waals surface area (Å²) in [4.78, 5) is 2.59. The van der Waals surface area contributed by atoms with Crippen molar-refractivity contribution >= 4 is 0 Å². The summed E-state index contributed by atoms with van der Waals surface area (Å²) in [6.45, 7) is 8.32. The SMILES string of the molecule is CC(C)C(C)(O)CN1CCC[C@H]2CCCC[C@H]21. The van der Waals surface area contributed by atoms with E-state index in [0.29, 0.717) is 5.92 Å². The van der Waals surface area contributed by atoms with Crippen LogP contribution in [0.15, 0.2) is 0 Å². The van der Waals surface area contributed by atoms with E-state index in [1.54, 1.807) is 0 Å². The Hall–Kier alpha value is -0.0800. The first-order valence-corrected chi connectivity index (χ1v) is 7.47. The summed E-state index contributed by atoms with van der Waals surface area (Å²) < 4.78 is 0. The maximum atomic E-state index is 10.5. The highest BCUT2D eigenvalue weighted by molar-refractivity contribution is 4.91. The summed E-state index contributed by atoms with van der Waals surface area (Å²) in [6, 6.07) is 0.766. The fourth-order valence-electron chi connectivity index (χ4n) is 3.52. The van der Waals surface area contributed by atoms with Crippen LogP contribution in [0.1, 0.15) is 59.3 Å². The number of aliphatic hydroxyl groups is 1. The van der Waals surface area contributed by atoms with Gasteiger partial charge in [-0.15, -0.1) is 0 Å². The number of fused-ring (bicyclic) bond motifs is 1. The number of rotatable bonds is 3. The maximum absolute atomic E-state index is 10.5. The molecule has 2 aliphatic rings. The van der Waals surface area contributed by atoms with Crippen molar-refractivity contribution in [1.82, 2.24) is 4.90 Å². The molecular weight excluding hydrogens is 210 g/mol. The van der Waals surface area contributed by atoms with Crippen molar-refractivity contribution in [3.8, 4) is 0 Å². The normalized spacial score (nSPS) is 34.4. The summed E-state index contributed by atoms with van der Waals surface area (Å²) in [5, 5.41) is 10.5. The van der Waals surface area contributed by atoms with Crippen molar-refractivity contribution in [3.05, 3.63) is 0 Å². The molecule has 0 aromatic heterocycles. The van der Waals surface area contributed by atoms with E-state index >= 15 is 0 Å². The second kappa shape index (κ2) is 5.27. The van der Waals surface area contributed by atoms with Crippen molar-refractivity contribution in [2.24, 2.45) is 11.8 Å². The molecule has 1 saturated carbocycles. The van der Waals surface area contributed by atoms with Gasteiger partial charge in [-0.3, -0.25) is 4.90 Å². The summed E-state index contributed by atoms with van der Waals surface area (Å²) in [7, 11) is 0. The Balaban J connectivity index is 1.99. The minimum atomic E-state index is -0.528. The molecule has 0 aromatic carbocycles. The van der Waals surface area contributed by atoms with Crippen molar-refractivity contribution in [1.29, 1.82) is 0 Å². The molecule has 1 N–H and O–H groups in total. The van der Waals surface area contributed by atoms with Crippen LogP contribution < -0.4 is 0 Å². The van der Waals surface area contributed by atoms with Crippen LogP contribution in [0.3, 0.4) is 0 Å². The van der Waals surface area contributed by atoms with E-state index in [1.165, 1.54) is 45.1 Å². The zero-order valence-corrected chi connectivity index (χ0v) is 11.8. The average Bonchev–Trinajstić information content (AvgIpc) is 2.29. The van der Waals surface area contributed by atoms with Crippen molar-refractivity contribution < 1.29 is 5.11 Å². The molecule has 100 valence electrons. The quantitative estimate of drug-likeness (QED) is 0.818. The Morgan fingerprint density at radius 1 is 1.18 bits per heavy atom. The highest BCUT2D eigenvalue weighted by Gasteiger charge is 2.37. The largest absolute Gasteiger partial charge is 0.389 e. The van der Waals surface area contributed by atoms with Gasteiger partial charge in [-0.1, -0.05) is 26.7 Å². The first-order valence-electron chi connectivity index (χ1n) is 7.47. The molecule has 1 heterocycles.